The quantitative estimate of drug-likeness (QED) is 0.804. The normalized spacial score (nSPS) is 13.6. The molecule has 6 nitrogen and oxygen atoms in total. The predicted molar refractivity (Wildman–Crippen MR) is 63.5 cm³/mol. The Morgan fingerprint density at radius 1 is 1.33 bits per heavy atom. The first kappa shape index (κ1) is 12.1. The average molecular weight is 248 g/mol. The largest absolute Gasteiger partial charge is 0.450 e. The molecule has 0 aromatic heterocycles. The lowest BCUT2D eigenvalue weighted by Crippen LogP contribution is -2.24. The van der Waals surface area contributed by atoms with E-state index in [1.54, 1.807) is 25.1 Å². The summed E-state index contributed by atoms with van der Waals surface area (Å²) < 4.78 is 4.73. The highest BCUT2D eigenvalue weighted by atomic mass is 16.5. The van der Waals surface area contributed by atoms with Crippen molar-refractivity contribution >= 4 is 23.6 Å². The van der Waals surface area contributed by atoms with Crippen LogP contribution in [0.1, 0.15) is 27.6 Å². The van der Waals surface area contributed by atoms with Gasteiger partial charge in [-0.2, -0.15) is 0 Å². The summed E-state index contributed by atoms with van der Waals surface area (Å²) in [7, 11) is 1.40. The van der Waals surface area contributed by atoms with E-state index in [1.165, 1.54) is 7.05 Å². The van der Waals surface area contributed by atoms with Gasteiger partial charge in [0.2, 0.25) is 0 Å². The lowest BCUT2D eigenvalue weighted by Gasteiger charge is -2.08. The van der Waals surface area contributed by atoms with Crippen molar-refractivity contribution < 1.29 is 19.1 Å². The standard InChI is InChI=1S/C12H12N2O4/c1-3-18-12(17)13-8-6-4-5-7-9(8)11(16)14(2)10(7)15/h4-6H,3H2,1-2H3,(H,13,17). The molecule has 0 bridgehead atoms. The number of ether oxygens (including phenoxy) is 1. The Morgan fingerprint density at radius 3 is 2.72 bits per heavy atom. The van der Waals surface area contributed by atoms with Gasteiger partial charge in [-0.1, -0.05) is 6.07 Å². The van der Waals surface area contributed by atoms with E-state index in [0.717, 1.165) is 4.90 Å². The molecule has 94 valence electrons. The van der Waals surface area contributed by atoms with Gasteiger partial charge in [0, 0.05) is 7.05 Å². The number of hydrogen-bond acceptors (Lipinski definition) is 4. The maximum Gasteiger partial charge on any atom is 0.411 e. The number of imide groups is 1. The van der Waals surface area contributed by atoms with Crippen LogP contribution in [0.25, 0.3) is 0 Å². The van der Waals surface area contributed by atoms with Crippen molar-refractivity contribution in [3.8, 4) is 0 Å². The Bertz CT molecular complexity index is 539. The zero-order valence-electron chi connectivity index (χ0n) is 10.0. The highest BCUT2D eigenvalue weighted by molar-refractivity contribution is 6.24. The fourth-order valence-corrected chi connectivity index (χ4v) is 1.78. The topological polar surface area (TPSA) is 75.7 Å². The molecule has 18 heavy (non-hydrogen) atoms. The highest BCUT2D eigenvalue weighted by Crippen LogP contribution is 2.28. The highest BCUT2D eigenvalue weighted by Gasteiger charge is 2.35. The Morgan fingerprint density at radius 2 is 2.06 bits per heavy atom. The van der Waals surface area contributed by atoms with Crippen molar-refractivity contribution in [2.45, 2.75) is 6.92 Å². The molecule has 6 heteroatoms. The summed E-state index contributed by atoms with van der Waals surface area (Å²) in [5.41, 5.74) is 0.781. The third-order valence-electron chi connectivity index (χ3n) is 2.63. The number of amides is 3. The molecular weight excluding hydrogens is 236 g/mol. The Hall–Kier alpha value is -2.37. The van der Waals surface area contributed by atoms with E-state index in [9.17, 15) is 14.4 Å². The zero-order valence-corrected chi connectivity index (χ0v) is 10.0. The predicted octanol–water partition coefficient (Wildman–Crippen LogP) is 1.48. The average Bonchev–Trinajstić information content (AvgIpc) is 2.56. The maximum absolute atomic E-state index is 11.9. The van der Waals surface area contributed by atoms with Gasteiger partial charge in [0.25, 0.3) is 11.8 Å². The number of carbonyl (C=O) groups is 3. The van der Waals surface area contributed by atoms with E-state index in [-0.39, 0.29) is 29.3 Å². The molecule has 0 radical (unpaired) electrons. The zero-order chi connectivity index (χ0) is 13.3. The molecular formula is C12H12N2O4. The smallest absolute Gasteiger partial charge is 0.411 e. The van der Waals surface area contributed by atoms with E-state index >= 15 is 0 Å². The number of nitrogens with zero attached hydrogens (tertiary/aromatic N) is 1. The van der Waals surface area contributed by atoms with E-state index in [2.05, 4.69) is 5.32 Å². The molecule has 2 rings (SSSR count). The molecule has 1 aromatic rings. The second kappa shape index (κ2) is 4.48. The fraction of sp³-hybridized carbons (Fsp3) is 0.250. The van der Waals surface area contributed by atoms with Gasteiger partial charge in [-0.05, 0) is 19.1 Å². The monoisotopic (exact) mass is 248 g/mol. The lowest BCUT2D eigenvalue weighted by atomic mass is 10.1. The van der Waals surface area contributed by atoms with Crippen LogP contribution in [0.2, 0.25) is 0 Å². The van der Waals surface area contributed by atoms with Crippen LogP contribution < -0.4 is 5.32 Å². The third-order valence-corrected chi connectivity index (χ3v) is 2.63. The van der Waals surface area contributed by atoms with Gasteiger partial charge in [0.1, 0.15) is 0 Å². The van der Waals surface area contributed by atoms with E-state index in [0.29, 0.717) is 0 Å². The maximum atomic E-state index is 11.9. The van der Waals surface area contributed by atoms with Gasteiger partial charge in [0.15, 0.2) is 0 Å². The number of anilines is 1. The minimum absolute atomic E-state index is 0.207. The summed E-state index contributed by atoms with van der Waals surface area (Å²) in [6.07, 6.45) is -0.652. The molecule has 3 amide bonds. The number of benzene rings is 1. The Balaban J connectivity index is 2.38. The number of fused-ring (bicyclic) bond motifs is 1. The summed E-state index contributed by atoms with van der Waals surface area (Å²) in [6.45, 7) is 1.91. The van der Waals surface area contributed by atoms with Crippen molar-refractivity contribution in [2.75, 3.05) is 19.0 Å². The first-order valence-electron chi connectivity index (χ1n) is 5.45. The lowest BCUT2D eigenvalue weighted by molar-refractivity contribution is 0.0693. The van der Waals surface area contributed by atoms with Crippen LogP contribution in [0.15, 0.2) is 18.2 Å². The van der Waals surface area contributed by atoms with Crippen LogP contribution in [0.3, 0.4) is 0 Å². The number of carbonyl (C=O) groups excluding carboxylic acids is 3. The van der Waals surface area contributed by atoms with Crippen molar-refractivity contribution in [1.29, 1.82) is 0 Å². The molecule has 0 fully saturated rings. The Kier molecular flexibility index (Phi) is 3.01. The SMILES string of the molecule is CCOC(=O)Nc1cccc2c1C(=O)N(C)C2=O. The number of rotatable bonds is 2. The summed E-state index contributed by atoms with van der Waals surface area (Å²) in [4.78, 5) is 36.0. The van der Waals surface area contributed by atoms with E-state index in [4.69, 9.17) is 4.74 Å². The molecule has 1 N–H and O–H groups in total. The first-order valence-corrected chi connectivity index (χ1v) is 5.45. The van der Waals surface area contributed by atoms with E-state index in [1.807, 2.05) is 0 Å². The second-order valence-electron chi connectivity index (χ2n) is 3.74. The summed E-state index contributed by atoms with van der Waals surface area (Å²) in [6, 6.07) is 4.71. The van der Waals surface area contributed by atoms with Crippen LogP contribution >= 0.6 is 0 Å². The molecule has 1 aliphatic rings. The van der Waals surface area contributed by atoms with Crippen molar-refractivity contribution in [3.63, 3.8) is 0 Å². The van der Waals surface area contributed by atoms with Gasteiger partial charge in [-0.15, -0.1) is 0 Å². The molecule has 0 saturated carbocycles. The number of hydrogen-bond donors (Lipinski definition) is 1. The summed E-state index contributed by atoms with van der Waals surface area (Å²) in [5.74, 6) is -0.801. The van der Waals surface area contributed by atoms with E-state index < -0.39 is 12.0 Å². The summed E-state index contributed by atoms with van der Waals surface area (Å²) in [5, 5.41) is 2.45. The molecule has 1 aromatic carbocycles. The van der Waals surface area contributed by atoms with Crippen LogP contribution in [0, 0.1) is 0 Å². The van der Waals surface area contributed by atoms with Gasteiger partial charge in [-0.25, -0.2) is 4.79 Å². The minimum atomic E-state index is -0.652. The second-order valence-corrected chi connectivity index (χ2v) is 3.74. The van der Waals surface area contributed by atoms with Crippen LogP contribution in [-0.4, -0.2) is 36.5 Å². The third kappa shape index (κ3) is 1.81. The van der Waals surface area contributed by atoms with Crippen LogP contribution in [0.5, 0.6) is 0 Å². The summed E-state index contributed by atoms with van der Waals surface area (Å²) >= 11 is 0. The van der Waals surface area contributed by atoms with Crippen LogP contribution in [0.4, 0.5) is 10.5 Å². The molecule has 0 spiro atoms. The number of nitrogens with one attached hydrogen (secondary N) is 1. The van der Waals surface area contributed by atoms with Crippen LogP contribution in [-0.2, 0) is 4.74 Å². The van der Waals surface area contributed by atoms with Gasteiger partial charge in [0.05, 0.1) is 23.4 Å². The van der Waals surface area contributed by atoms with Gasteiger partial charge >= 0.3 is 6.09 Å². The molecule has 1 heterocycles. The molecule has 0 atom stereocenters. The molecule has 1 aliphatic heterocycles. The van der Waals surface area contributed by atoms with Gasteiger partial charge in [-0.3, -0.25) is 19.8 Å². The molecule has 0 unspecified atom stereocenters. The fourth-order valence-electron chi connectivity index (χ4n) is 1.78. The van der Waals surface area contributed by atoms with Crippen molar-refractivity contribution in [2.24, 2.45) is 0 Å². The first-order chi connectivity index (χ1) is 8.56. The molecule has 0 saturated heterocycles. The Labute approximate surface area is 104 Å². The van der Waals surface area contributed by atoms with Crippen molar-refractivity contribution in [3.05, 3.63) is 29.3 Å². The minimum Gasteiger partial charge on any atom is -0.450 e. The molecule has 0 aliphatic carbocycles. The van der Waals surface area contributed by atoms with Gasteiger partial charge < -0.3 is 4.74 Å². The van der Waals surface area contributed by atoms with Crippen molar-refractivity contribution in [1.82, 2.24) is 4.90 Å².